The molecule has 2 unspecified atom stereocenters. The first-order valence-corrected chi connectivity index (χ1v) is 10.4. The van der Waals surface area contributed by atoms with Gasteiger partial charge in [0.1, 0.15) is 5.70 Å². The number of amides is 2. The molecule has 2 N–H and O–H groups in total. The standard InChI is InChI=1S/C22H22N2O6S/c1-4-15-17-16(11-13-5-7-14(8-6-13)22(29)30-3)19(31-10-9-23-12(2)25)18(21(27)28)24(17)20(15)26/h4-10,16-17H,11H2,1-3H3,(H,23,25)(H,27,28)/b10-9+,15-4?. The molecule has 3 rings (SSSR count). The molecule has 0 radical (unpaired) electrons. The summed E-state index contributed by atoms with van der Waals surface area (Å²) in [6.45, 7) is 3.13. The second-order valence-corrected chi connectivity index (χ2v) is 7.95. The molecule has 0 aliphatic carbocycles. The van der Waals surface area contributed by atoms with Crippen molar-refractivity contribution in [3.05, 3.63) is 69.3 Å². The Kier molecular flexibility index (Phi) is 6.65. The minimum atomic E-state index is -1.17. The number of rotatable bonds is 7. The summed E-state index contributed by atoms with van der Waals surface area (Å²) in [5.41, 5.74) is 1.86. The highest BCUT2D eigenvalue weighted by Crippen LogP contribution is 2.50. The molecule has 0 bridgehead atoms. The molecule has 1 aromatic rings. The number of β-lactam (4-membered cyclic amide) rings is 1. The predicted octanol–water partition coefficient (Wildman–Crippen LogP) is 2.44. The van der Waals surface area contributed by atoms with Gasteiger partial charge >= 0.3 is 11.9 Å². The summed E-state index contributed by atoms with van der Waals surface area (Å²) in [6, 6.07) is 6.53. The van der Waals surface area contributed by atoms with Gasteiger partial charge in [-0.05, 0) is 36.4 Å². The van der Waals surface area contributed by atoms with Crippen molar-refractivity contribution in [2.24, 2.45) is 5.92 Å². The lowest BCUT2D eigenvalue weighted by atomic mass is 9.83. The lowest BCUT2D eigenvalue weighted by molar-refractivity contribution is -0.142. The van der Waals surface area contributed by atoms with Gasteiger partial charge in [0.15, 0.2) is 0 Å². The Labute approximate surface area is 183 Å². The molecule has 1 fully saturated rings. The van der Waals surface area contributed by atoms with Crippen molar-refractivity contribution in [1.82, 2.24) is 10.2 Å². The van der Waals surface area contributed by atoms with E-state index in [0.29, 0.717) is 22.5 Å². The zero-order chi connectivity index (χ0) is 22.7. The molecule has 1 saturated heterocycles. The molecule has 0 saturated carbocycles. The lowest BCUT2D eigenvalue weighted by Gasteiger charge is -2.41. The third-order valence-corrected chi connectivity index (χ3v) is 6.17. The Balaban J connectivity index is 1.94. The van der Waals surface area contributed by atoms with E-state index in [2.05, 4.69) is 5.32 Å². The van der Waals surface area contributed by atoms with E-state index in [0.717, 1.165) is 5.56 Å². The van der Waals surface area contributed by atoms with Crippen LogP contribution in [0.25, 0.3) is 0 Å². The molecule has 2 aliphatic rings. The lowest BCUT2D eigenvalue weighted by Crippen LogP contribution is -2.55. The van der Waals surface area contributed by atoms with E-state index in [9.17, 15) is 24.3 Å². The third kappa shape index (κ3) is 4.27. The van der Waals surface area contributed by atoms with Crippen molar-refractivity contribution in [2.75, 3.05) is 7.11 Å². The zero-order valence-electron chi connectivity index (χ0n) is 17.2. The van der Waals surface area contributed by atoms with Crippen LogP contribution in [-0.2, 0) is 25.5 Å². The number of nitrogens with zero attached hydrogens (tertiary/aromatic N) is 1. The summed E-state index contributed by atoms with van der Waals surface area (Å²) in [7, 11) is 1.31. The highest BCUT2D eigenvalue weighted by atomic mass is 32.2. The van der Waals surface area contributed by atoms with Gasteiger partial charge in [-0.25, -0.2) is 9.59 Å². The van der Waals surface area contributed by atoms with Crippen LogP contribution in [0.3, 0.4) is 0 Å². The topological polar surface area (TPSA) is 113 Å². The van der Waals surface area contributed by atoms with Gasteiger partial charge in [-0.15, -0.1) is 0 Å². The fourth-order valence-electron chi connectivity index (χ4n) is 3.80. The summed E-state index contributed by atoms with van der Waals surface area (Å²) in [4.78, 5) is 49.2. The zero-order valence-corrected chi connectivity index (χ0v) is 18.1. The molecule has 0 aromatic heterocycles. The van der Waals surface area contributed by atoms with E-state index in [1.54, 1.807) is 42.7 Å². The average molecular weight is 442 g/mol. The summed E-state index contributed by atoms with van der Waals surface area (Å²) in [5, 5.41) is 13.9. The van der Waals surface area contributed by atoms with Crippen LogP contribution in [0.5, 0.6) is 0 Å². The van der Waals surface area contributed by atoms with Gasteiger partial charge in [0, 0.05) is 29.5 Å². The van der Waals surface area contributed by atoms with Crippen LogP contribution in [0.4, 0.5) is 0 Å². The van der Waals surface area contributed by atoms with Gasteiger partial charge in [-0.2, -0.15) is 0 Å². The number of benzene rings is 1. The second kappa shape index (κ2) is 9.22. The Morgan fingerprint density at radius 1 is 1.26 bits per heavy atom. The fraction of sp³-hybridized carbons (Fsp3) is 0.273. The normalized spacial score (nSPS) is 21.3. The maximum absolute atomic E-state index is 12.5. The number of ether oxygens (including phenoxy) is 1. The smallest absolute Gasteiger partial charge is 0.353 e. The quantitative estimate of drug-likeness (QED) is 0.379. The molecular weight excluding hydrogens is 420 g/mol. The van der Waals surface area contributed by atoms with E-state index < -0.39 is 11.9 Å². The van der Waals surface area contributed by atoms with Crippen molar-refractivity contribution < 1.29 is 29.0 Å². The van der Waals surface area contributed by atoms with Gasteiger partial charge in [0.2, 0.25) is 5.91 Å². The van der Waals surface area contributed by atoms with Gasteiger partial charge in [0.25, 0.3) is 5.91 Å². The Bertz CT molecular complexity index is 1020. The van der Waals surface area contributed by atoms with E-state index in [4.69, 9.17) is 4.74 Å². The molecule has 1 aromatic carbocycles. The number of aliphatic carboxylic acids is 1. The number of carbonyl (C=O) groups is 4. The van der Waals surface area contributed by atoms with Crippen LogP contribution < -0.4 is 5.32 Å². The number of carboxylic acid groups (broad SMARTS) is 1. The van der Waals surface area contributed by atoms with Crippen molar-refractivity contribution in [3.8, 4) is 0 Å². The SMILES string of the molecule is CC=C1C(=O)N2C(C(=O)O)=C(S/C=C/NC(C)=O)C(Cc3ccc(C(=O)OC)cc3)C12. The first-order chi connectivity index (χ1) is 14.8. The van der Waals surface area contributed by atoms with Gasteiger partial charge < -0.3 is 15.2 Å². The second-order valence-electron chi connectivity index (χ2n) is 7.00. The minimum Gasteiger partial charge on any atom is -0.477 e. The van der Waals surface area contributed by atoms with Crippen molar-refractivity contribution in [3.63, 3.8) is 0 Å². The minimum absolute atomic E-state index is 0.0331. The van der Waals surface area contributed by atoms with Gasteiger partial charge in [0.05, 0.1) is 18.7 Å². The number of esters is 1. The Morgan fingerprint density at radius 3 is 2.48 bits per heavy atom. The van der Waals surface area contributed by atoms with Gasteiger partial charge in [-0.1, -0.05) is 30.0 Å². The van der Waals surface area contributed by atoms with Crippen molar-refractivity contribution in [2.45, 2.75) is 26.3 Å². The molecular formula is C22H22N2O6S. The molecule has 2 heterocycles. The highest BCUT2D eigenvalue weighted by Gasteiger charge is 2.56. The first kappa shape index (κ1) is 22.4. The van der Waals surface area contributed by atoms with Crippen LogP contribution >= 0.6 is 11.8 Å². The highest BCUT2D eigenvalue weighted by molar-refractivity contribution is 8.05. The summed E-state index contributed by atoms with van der Waals surface area (Å²) in [6.07, 6.45) is 3.63. The van der Waals surface area contributed by atoms with Crippen LogP contribution in [0, 0.1) is 5.92 Å². The number of carboxylic acids is 1. The maximum Gasteiger partial charge on any atom is 0.353 e. The molecule has 8 nitrogen and oxygen atoms in total. The van der Waals surface area contributed by atoms with Crippen LogP contribution in [-0.4, -0.2) is 46.9 Å². The monoisotopic (exact) mass is 442 g/mol. The molecule has 2 atom stereocenters. The number of thioether (sulfide) groups is 1. The number of allylic oxidation sites excluding steroid dienone is 1. The maximum atomic E-state index is 12.5. The fourth-order valence-corrected chi connectivity index (χ4v) is 4.76. The number of hydrogen-bond donors (Lipinski definition) is 2. The number of fused-ring (bicyclic) bond motifs is 1. The number of carbonyl (C=O) groups excluding carboxylic acids is 3. The molecule has 162 valence electrons. The summed E-state index contributed by atoms with van der Waals surface area (Å²) in [5.74, 6) is -2.43. The number of hydrogen-bond acceptors (Lipinski definition) is 6. The third-order valence-electron chi connectivity index (χ3n) is 5.15. The van der Waals surface area contributed by atoms with E-state index >= 15 is 0 Å². The van der Waals surface area contributed by atoms with E-state index in [1.807, 2.05) is 0 Å². The predicted molar refractivity (Wildman–Crippen MR) is 115 cm³/mol. The molecule has 31 heavy (non-hydrogen) atoms. The Morgan fingerprint density at radius 2 is 1.94 bits per heavy atom. The van der Waals surface area contributed by atoms with E-state index in [1.165, 1.54) is 36.9 Å². The molecule has 0 spiro atoms. The van der Waals surface area contributed by atoms with Crippen molar-refractivity contribution in [1.29, 1.82) is 0 Å². The van der Waals surface area contributed by atoms with Gasteiger partial charge in [-0.3, -0.25) is 14.5 Å². The van der Waals surface area contributed by atoms with Crippen LogP contribution in [0.1, 0.15) is 29.8 Å². The molecule has 2 amide bonds. The molecule has 9 heteroatoms. The van der Waals surface area contributed by atoms with Crippen LogP contribution in [0.2, 0.25) is 0 Å². The van der Waals surface area contributed by atoms with Crippen molar-refractivity contribution >= 4 is 35.5 Å². The number of nitrogens with one attached hydrogen (secondary N) is 1. The summed E-state index contributed by atoms with van der Waals surface area (Å²) < 4.78 is 4.72. The average Bonchev–Trinajstić information content (AvgIpc) is 3.01. The Hall–Kier alpha value is -3.33. The molecule has 2 aliphatic heterocycles. The largest absolute Gasteiger partial charge is 0.477 e. The van der Waals surface area contributed by atoms with E-state index in [-0.39, 0.29) is 29.5 Å². The first-order valence-electron chi connectivity index (χ1n) is 9.53. The van der Waals surface area contributed by atoms with Crippen LogP contribution in [0.15, 0.2) is 58.1 Å². The number of methoxy groups -OCH3 is 1. The summed E-state index contributed by atoms with van der Waals surface area (Å²) >= 11 is 1.17.